The Hall–Kier alpha value is -0.610. The van der Waals surface area contributed by atoms with E-state index in [0.717, 1.165) is 25.3 Å². The number of nitrogens with zero attached hydrogens (tertiary/aromatic N) is 3. The first-order valence-electron chi connectivity index (χ1n) is 11.1. The Morgan fingerprint density at radius 1 is 1.08 bits per heavy atom. The first-order valence-corrected chi connectivity index (χ1v) is 11.1. The number of rotatable bonds is 10. The number of amides is 1. The normalized spacial score (nSPS) is 22.7. The van der Waals surface area contributed by atoms with Gasteiger partial charge in [0.05, 0.1) is 0 Å². The molecule has 0 unspecified atom stereocenters. The van der Waals surface area contributed by atoms with E-state index in [9.17, 15) is 4.79 Å². The minimum atomic E-state index is 0.319. The van der Waals surface area contributed by atoms with E-state index in [1.165, 1.54) is 77.8 Å². The fourth-order valence-electron chi connectivity index (χ4n) is 4.58. The van der Waals surface area contributed by atoms with Crippen molar-refractivity contribution < 1.29 is 4.79 Å². The quantitative estimate of drug-likeness (QED) is 0.550. The number of carbonyl (C=O) groups excluding carboxylic acids is 1. The zero-order valence-electron chi connectivity index (χ0n) is 17.9. The van der Waals surface area contributed by atoms with E-state index in [2.05, 4.69) is 37.5 Å². The summed E-state index contributed by atoms with van der Waals surface area (Å²) in [6.07, 6.45) is 10.2. The van der Waals surface area contributed by atoms with Crippen LogP contribution in [0.4, 0.5) is 0 Å². The molecule has 2 aliphatic heterocycles. The number of hydrogen-bond donors (Lipinski definition) is 0. The highest BCUT2D eigenvalue weighted by molar-refractivity contribution is 5.47. The topological polar surface area (TPSA) is 26.8 Å². The van der Waals surface area contributed by atoms with Crippen molar-refractivity contribution in [3.8, 4) is 0 Å². The molecule has 2 heterocycles. The lowest BCUT2D eigenvalue weighted by Gasteiger charge is -2.41. The summed E-state index contributed by atoms with van der Waals surface area (Å²) >= 11 is 0. The van der Waals surface area contributed by atoms with Crippen LogP contribution in [0.25, 0.3) is 0 Å². The monoisotopic (exact) mass is 365 g/mol. The summed E-state index contributed by atoms with van der Waals surface area (Å²) in [5.41, 5.74) is 0.415. The van der Waals surface area contributed by atoms with Crippen LogP contribution in [0.15, 0.2) is 0 Å². The number of carbonyl (C=O) groups is 1. The molecule has 2 aliphatic rings. The molecule has 4 nitrogen and oxygen atoms in total. The summed E-state index contributed by atoms with van der Waals surface area (Å²) in [4.78, 5) is 18.5. The summed E-state index contributed by atoms with van der Waals surface area (Å²) in [6.45, 7) is 17.5. The van der Waals surface area contributed by atoms with Crippen molar-refractivity contribution in [2.45, 2.75) is 78.7 Å². The van der Waals surface area contributed by atoms with Crippen LogP contribution in [0.2, 0.25) is 0 Å². The molecular formula is C22H43N3O. The Bertz CT molecular complexity index is 396. The van der Waals surface area contributed by atoms with Gasteiger partial charge >= 0.3 is 0 Å². The highest BCUT2D eigenvalue weighted by Crippen LogP contribution is 2.35. The third-order valence-electron chi connectivity index (χ3n) is 6.94. The Labute approximate surface area is 162 Å². The van der Waals surface area contributed by atoms with E-state index in [4.69, 9.17) is 0 Å². The molecule has 4 heteroatoms. The summed E-state index contributed by atoms with van der Waals surface area (Å²) in [6, 6.07) is 0.319. The van der Waals surface area contributed by atoms with Gasteiger partial charge in [0, 0.05) is 12.6 Å². The van der Waals surface area contributed by atoms with Gasteiger partial charge in [0.2, 0.25) is 6.41 Å². The van der Waals surface area contributed by atoms with Crippen LogP contribution < -0.4 is 0 Å². The van der Waals surface area contributed by atoms with Crippen molar-refractivity contribution in [1.29, 1.82) is 0 Å². The summed E-state index contributed by atoms with van der Waals surface area (Å²) in [7, 11) is 0. The fourth-order valence-corrected chi connectivity index (χ4v) is 4.58. The second-order valence-corrected chi connectivity index (χ2v) is 9.41. The second-order valence-electron chi connectivity index (χ2n) is 9.41. The average Bonchev–Trinajstić information content (AvgIpc) is 2.63. The van der Waals surface area contributed by atoms with Crippen molar-refractivity contribution in [3.63, 3.8) is 0 Å². The van der Waals surface area contributed by atoms with Crippen molar-refractivity contribution in [1.82, 2.24) is 14.7 Å². The lowest BCUT2D eigenvalue weighted by molar-refractivity contribution is -0.120. The smallest absolute Gasteiger partial charge is 0.209 e. The number of likely N-dealkylation sites (tertiary alicyclic amines) is 2. The van der Waals surface area contributed by atoms with Gasteiger partial charge in [-0.25, -0.2) is 0 Å². The largest absolute Gasteiger partial charge is 0.343 e. The van der Waals surface area contributed by atoms with Crippen LogP contribution in [0, 0.1) is 11.3 Å². The lowest BCUT2D eigenvalue weighted by atomic mass is 9.77. The third-order valence-corrected chi connectivity index (χ3v) is 6.94. The van der Waals surface area contributed by atoms with Gasteiger partial charge in [-0.1, -0.05) is 13.8 Å². The molecule has 0 bridgehead atoms. The third kappa shape index (κ3) is 6.84. The van der Waals surface area contributed by atoms with Crippen LogP contribution in [0.3, 0.4) is 0 Å². The summed E-state index contributed by atoms with van der Waals surface area (Å²) < 4.78 is 0. The maximum Gasteiger partial charge on any atom is 0.209 e. The highest BCUT2D eigenvalue weighted by atomic mass is 16.1. The molecule has 1 amide bonds. The maximum absolute atomic E-state index is 11.2. The van der Waals surface area contributed by atoms with Gasteiger partial charge in [0.1, 0.15) is 0 Å². The van der Waals surface area contributed by atoms with Crippen molar-refractivity contribution in [2.24, 2.45) is 11.3 Å². The molecular weight excluding hydrogens is 322 g/mol. The molecule has 0 aromatic heterocycles. The minimum Gasteiger partial charge on any atom is -0.343 e. The van der Waals surface area contributed by atoms with E-state index < -0.39 is 0 Å². The van der Waals surface area contributed by atoms with Gasteiger partial charge < -0.3 is 14.7 Å². The predicted molar refractivity (Wildman–Crippen MR) is 110 cm³/mol. The minimum absolute atomic E-state index is 0.319. The van der Waals surface area contributed by atoms with Crippen LogP contribution in [0.1, 0.15) is 72.6 Å². The zero-order valence-corrected chi connectivity index (χ0v) is 17.9. The predicted octanol–water partition coefficient (Wildman–Crippen LogP) is 3.86. The molecule has 0 saturated carbocycles. The number of piperidine rings is 2. The van der Waals surface area contributed by atoms with Gasteiger partial charge in [-0.05, 0) is 109 Å². The standard InChI is InChI=1S/C22H43N3O/c1-5-12-23-13-6-21(7-14-23)8-15-24-16-9-22(4,10-17-24)11-18-25(19-26)20(2)3/h19-21H,5-18H2,1-4H3. The second kappa shape index (κ2) is 10.7. The fraction of sp³-hybridized carbons (Fsp3) is 0.955. The van der Waals surface area contributed by atoms with E-state index in [1.54, 1.807) is 0 Å². The molecule has 0 spiro atoms. The van der Waals surface area contributed by atoms with Crippen molar-refractivity contribution in [3.05, 3.63) is 0 Å². The van der Waals surface area contributed by atoms with Crippen molar-refractivity contribution >= 4 is 6.41 Å². The summed E-state index contributed by atoms with van der Waals surface area (Å²) in [5, 5.41) is 0. The van der Waals surface area contributed by atoms with Crippen LogP contribution >= 0.6 is 0 Å². The molecule has 0 atom stereocenters. The lowest BCUT2D eigenvalue weighted by Crippen LogP contribution is -2.42. The molecule has 2 saturated heterocycles. The van der Waals surface area contributed by atoms with E-state index in [-0.39, 0.29) is 0 Å². The molecule has 0 aromatic carbocycles. The Morgan fingerprint density at radius 2 is 1.69 bits per heavy atom. The van der Waals surface area contributed by atoms with Gasteiger partial charge in [-0.2, -0.15) is 0 Å². The Balaban J connectivity index is 1.63. The molecule has 152 valence electrons. The van der Waals surface area contributed by atoms with Gasteiger partial charge in [-0.15, -0.1) is 0 Å². The molecule has 0 radical (unpaired) electrons. The van der Waals surface area contributed by atoms with E-state index in [1.807, 2.05) is 4.90 Å². The van der Waals surface area contributed by atoms with E-state index in [0.29, 0.717) is 11.5 Å². The van der Waals surface area contributed by atoms with Crippen molar-refractivity contribution in [2.75, 3.05) is 45.8 Å². The molecule has 0 N–H and O–H groups in total. The summed E-state index contributed by atoms with van der Waals surface area (Å²) in [5.74, 6) is 0.948. The SMILES string of the molecule is CCCN1CCC(CCN2CCC(C)(CCN(C=O)C(C)C)CC2)CC1. The number of hydrogen-bond acceptors (Lipinski definition) is 3. The molecule has 2 rings (SSSR count). The average molecular weight is 366 g/mol. The molecule has 0 aromatic rings. The van der Waals surface area contributed by atoms with Gasteiger partial charge in [-0.3, -0.25) is 4.79 Å². The van der Waals surface area contributed by atoms with E-state index >= 15 is 0 Å². The van der Waals surface area contributed by atoms with Crippen LogP contribution in [-0.2, 0) is 4.79 Å². The molecule has 2 fully saturated rings. The first-order chi connectivity index (χ1) is 12.5. The Kier molecular flexibility index (Phi) is 8.89. The molecule has 26 heavy (non-hydrogen) atoms. The first kappa shape index (κ1) is 21.7. The maximum atomic E-state index is 11.2. The van der Waals surface area contributed by atoms with Crippen LogP contribution in [-0.4, -0.2) is 73.0 Å². The molecule has 0 aliphatic carbocycles. The van der Waals surface area contributed by atoms with Crippen LogP contribution in [0.5, 0.6) is 0 Å². The van der Waals surface area contributed by atoms with Gasteiger partial charge in [0.25, 0.3) is 0 Å². The highest BCUT2D eigenvalue weighted by Gasteiger charge is 2.30. The van der Waals surface area contributed by atoms with Gasteiger partial charge in [0.15, 0.2) is 0 Å². The Morgan fingerprint density at radius 3 is 2.23 bits per heavy atom. The zero-order chi connectivity index (χ0) is 19.0.